The highest BCUT2D eigenvalue weighted by Crippen LogP contribution is 2.27. The number of carbonyl (C=O) groups is 1. The van der Waals surface area contributed by atoms with E-state index in [0.29, 0.717) is 0 Å². The number of amides is 2. The van der Waals surface area contributed by atoms with Crippen LogP contribution in [0.1, 0.15) is 41.5 Å². The molecule has 5 heteroatoms. The molecule has 0 fully saturated rings. The van der Waals surface area contributed by atoms with E-state index >= 15 is 0 Å². The summed E-state index contributed by atoms with van der Waals surface area (Å²) in [5.41, 5.74) is -1.56. The molecular weight excluding hydrogens is 214 g/mol. The van der Waals surface area contributed by atoms with E-state index < -0.39 is 17.5 Å². The lowest BCUT2D eigenvalue weighted by Gasteiger charge is -2.33. The van der Waals surface area contributed by atoms with Gasteiger partial charge in [0.1, 0.15) is 0 Å². The van der Waals surface area contributed by atoms with Gasteiger partial charge in [-0.1, -0.05) is 13.8 Å². The van der Waals surface area contributed by atoms with Gasteiger partial charge in [-0.05, 0) is 26.7 Å². The quantitative estimate of drug-likeness (QED) is 0.774. The summed E-state index contributed by atoms with van der Waals surface area (Å²) < 4.78 is 26.2. The highest BCUT2D eigenvalue weighted by Gasteiger charge is 2.43. The minimum Gasteiger partial charge on any atom is -0.335 e. The molecular formula is C11H22F2N2O. The number of carbonyl (C=O) groups excluding carboxylic acids is 1. The van der Waals surface area contributed by atoms with Gasteiger partial charge in [0.2, 0.25) is 0 Å². The summed E-state index contributed by atoms with van der Waals surface area (Å²) in [5.74, 6) is -2.71. The number of alkyl halides is 2. The second kappa shape index (κ2) is 4.97. The molecule has 0 aliphatic carbocycles. The van der Waals surface area contributed by atoms with Crippen LogP contribution in [0, 0.1) is 5.92 Å². The van der Waals surface area contributed by atoms with Crippen molar-refractivity contribution >= 4 is 6.03 Å². The van der Waals surface area contributed by atoms with Crippen LogP contribution in [-0.4, -0.2) is 23.5 Å². The lowest BCUT2D eigenvalue weighted by atomic mass is 9.98. The van der Waals surface area contributed by atoms with Gasteiger partial charge < -0.3 is 10.6 Å². The molecule has 0 bridgehead atoms. The van der Waals surface area contributed by atoms with Crippen molar-refractivity contribution in [3.05, 3.63) is 0 Å². The van der Waals surface area contributed by atoms with Gasteiger partial charge in [0.15, 0.2) is 0 Å². The molecule has 0 heterocycles. The standard InChI is InChI=1S/C11H22F2N2O/c1-7(2)8(3)14-9(16)15-10(4,5)11(6,12)13/h7-8H,1-6H3,(H2,14,15,16)/t8-/m1/s1. The third kappa shape index (κ3) is 4.33. The van der Waals surface area contributed by atoms with Crippen LogP contribution in [-0.2, 0) is 0 Å². The topological polar surface area (TPSA) is 41.1 Å². The lowest BCUT2D eigenvalue weighted by molar-refractivity contribution is -0.0531. The molecule has 2 amide bonds. The molecule has 16 heavy (non-hydrogen) atoms. The third-order valence-electron chi connectivity index (χ3n) is 2.88. The first kappa shape index (κ1) is 15.1. The van der Waals surface area contributed by atoms with Crippen LogP contribution in [0.3, 0.4) is 0 Å². The van der Waals surface area contributed by atoms with E-state index in [4.69, 9.17) is 0 Å². The first-order valence-electron chi connectivity index (χ1n) is 5.44. The zero-order valence-electron chi connectivity index (χ0n) is 10.8. The zero-order valence-corrected chi connectivity index (χ0v) is 10.8. The molecule has 0 unspecified atom stereocenters. The number of nitrogens with one attached hydrogen (secondary N) is 2. The third-order valence-corrected chi connectivity index (χ3v) is 2.88. The number of urea groups is 1. The molecule has 0 saturated heterocycles. The van der Waals surface area contributed by atoms with Crippen molar-refractivity contribution < 1.29 is 13.6 Å². The summed E-state index contributed by atoms with van der Waals surface area (Å²) in [6.07, 6.45) is 0. The molecule has 0 aromatic heterocycles. The molecule has 0 rings (SSSR count). The van der Waals surface area contributed by atoms with Crippen LogP contribution in [0.4, 0.5) is 13.6 Å². The number of hydrogen-bond donors (Lipinski definition) is 2. The monoisotopic (exact) mass is 236 g/mol. The summed E-state index contributed by atoms with van der Waals surface area (Å²) in [5, 5.41) is 4.91. The van der Waals surface area contributed by atoms with Crippen molar-refractivity contribution in [2.75, 3.05) is 0 Å². The Morgan fingerprint density at radius 1 is 1.12 bits per heavy atom. The van der Waals surface area contributed by atoms with Gasteiger partial charge in [0.25, 0.3) is 5.92 Å². The van der Waals surface area contributed by atoms with Crippen molar-refractivity contribution in [2.45, 2.75) is 59.0 Å². The second-order valence-electron chi connectivity index (χ2n) is 5.14. The molecule has 0 radical (unpaired) electrons. The van der Waals surface area contributed by atoms with E-state index in [2.05, 4.69) is 10.6 Å². The Morgan fingerprint density at radius 2 is 1.56 bits per heavy atom. The van der Waals surface area contributed by atoms with Crippen molar-refractivity contribution in [3.63, 3.8) is 0 Å². The average Bonchev–Trinajstić information content (AvgIpc) is 1.99. The summed E-state index contributed by atoms with van der Waals surface area (Å²) in [4.78, 5) is 11.5. The van der Waals surface area contributed by atoms with Gasteiger partial charge in [0, 0.05) is 13.0 Å². The Bertz CT molecular complexity index is 247. The molecule has 0 aliphatic heterocycles. The molecule has 0 aliphatic rings. The number of halogens is 2. The highest BCUT2D eigenvalue weighted by molar-refractivity contribution is 5.75. The van der Waals surface area contributed by atoms with E-state index in [1.807, 2.05) is 20.8 Å². The van der Waals surface area contributed by atoms with E-state index in [0.717, 1.165) is 6.92 Å². The van der Waals surface area contributed by atoms with Crippen molar-refractivity contribution in [3.8, 4) is 0 Å². The van der Waals surface area contributed by atoms with Crippen LogP contribution in [0.5, 0.6) is 0 Å². The largest absolute Gasteiger partial charge is 0.335 e. The maximum Gasteiger partial charge on any atom is 0.315 e. The first-order valence-corrected chi connectivity index (χ1v) is 5.44. The highest BCUT2D eigenvalue weighted by atomic mass is 19.3. The average molecular weight is 236 g/mol. The number of hydrogen-bond acceptors (Lipinski definition) is 1. The van der Waals surface area contributed by atoms with Crippen molar-refractivity contribution in [1.82, 2.24) is 10.6 Å². The Hall–Kier alpha value is -0.870. The van der Waals surface area contributed by atoms with E-state index in [9.17, 15) is 13.6 Å². The Kier molecular flexibility index (Phi) is 4.70. The molecule has 0 saturated carbocycles. The van der Waals surface area contributed by atoms with Crippen LogP contribution in [0.25, 0.3) is 0 Å². The Balaban J connectivity index is 4.36. The van der Waals surface area contributed by atoms with Gasteiger partial charge in [-0.2, -0.15) is 0 Å². The summed E-state index contributed by atoms with van der Waals surface area (Å²) in [6.45, 7) is 9.12. The van der Waals surface area contributed by atoms with Gasteiger partial charge in [0.05, 0.1) is 5.54 Å². The molecule has 0 aromatic rings. The van der Waals surface area contributed by atoms with Crippen LogP contribution in [0.2, 0.25) is 0 Å². The minimum absolute atomic E-state index is 0.0544. The fourth-order valence-electron chi connectivity index (χ4n) is 0.803. The normalized spacial score (nSPS) is 14.8. The second-order valence-corrected chi connectivity index (χ2v) is 5.14. The SMILES string of the molecule is CC(C)[C@@H](C)NC(=O)NC(C)(C)C(C)(F)F. The van der Waals surface area contributed by atoms with Gasteiger partial charge in [-0.15, -0.1) is 0 Å². The van der Waals surface area contributed by atoms with E-state index in [-0.39, 0.29) is 12.0 Å². The van der Waals surface area contributed by atoms with E-state index in [1.54, 1.807) is 0 Å². The molecule has 3 nitrogen and oxygen atoms in total. The molecule has 2 N–H and O–H groups in total. The molecule has 1 atom stereocenters. The fraction of sp³-hybridized carbons (Fsp3) is 0.909. The van der Waals surface area contributed by atoms with Crippen molar-refractivity contribution in [1.29, 1.82) is 0 Å². The first-order chi connectivity index (χ1) is 6.97. The van der Waals surface area contributed by atoms with Gasteiger partial charge >= 0.3 is 6.03 Å². The molecule has 0 aromatic carbocycles. The maximum atomic E-state index is 13.1. The Labute approximate surface area is 96.0 Å². The van der Waals surface area contributed by atoms with E-state index in [1.165, 1.54) is 13.8 Å². The summed E-state index contributed by atoms with van der Waals surface area (Å²) in [7, 11) is 0. The number of rotatable bonds is 4. The van der Waals surface area contributed by atoms with Gasteiger partial charge in [-0.3, -0.25) is 0 Å². The smallest absolute Gasteiger partial charge is 0.315 e. The summed E-state index contributed by atoms with van der Waals surface area (Å²) in [6, 6.07) is -0.617. The lowest BCUT2D eigenvalue weighted by Crippen LogP contribution is -2.58. The van der Waals surface area contributed by atoms with Crippen molar-refractivity contribution in [2.24, 2.45) is 5.92 Å². The predicted octanol–water partition coefficient (Wildman–Crippen LogP) is 2.76. The fourth-order valence-corrected chi connectivity index (χ4v) is 0.803. The molecule has 96 valence electrons. The van der Waals surface area contributed by atoms with Gasteiger partial charge in [-0.25, -0.2) is 13.6 Å². The van der Waals surface area contributed by atoms with Crippen LogP contribution >= 0.6 is 0 Å². The molecule has 0 spiro atoms. The van der Waals surface area contributed by atoms with Crippen LogP contribution in [0.15, 0.2) is 0 Å². The van der Waals surface area contributed by atoms with Crippen LogP contribution < -0.4 is 10.6 Å². The minimum atomic E-state index is -2.97. The maximum absolute atomic E-state index is 13.1. The predicted molar refractivity (Wildman–Crippen MR) is 60.7 cm³/mol. The summed E-state index contributed by atoms with van der Waals surface area (Å²) >= 11 is 0. The Morgan fingerprint density at radius 3 is 1.88 bits per heavy atom. The zero-order chi connectivity index (χ0) is 13.1.